The molecule has 3 heteroatoms. The van der Waals surface area contributed by atoms with Gasteiger partial charge in [-0.25, -0.2) is 0 Å². The summed E-state index contributed by atoms with van der Waals surface area (Å²) in [6.45, 7) is 3.94. The number of hydrogen-bond acceptors (Lipinski definition) is 2. The summed E-state index contributed by atoms with van der Waals surface area (Å²) in [7, 11) is 0. The number of nitrogens with two attached hydrogens (primary N) is 1. The fourth-order valence-corrected chi connectivity index (χ4v) is 1.84. The maximum absolute atomic E-state index is 6.03. The first-order valence-corrected chi connectivity index (χ1v) is 5.24. The highest BCUT2D eigenvalue weighted by molar-refractivity contribution is 9.10. The number of fused-ring (bicyclic) bond motifs is 1. The van der Waals surface area contributed by atoms with Crippen LogP contribution in [0.3, 0.4) is 0 Å². The van der Waals surface area contributed by atoms with E-state index in [0.29, 0.717) is 0 Å². The fraction of sp³-hybridized carbons (Fsp3) is 0.273. The van der Waals surface area contributed by atoms with Gasteiger partial charge in [0.1, 0.15) is 5.58 Å². The molecule has 1 aromatic heterocycles. The number of benzene rings is 1. The molecule has 0 fully saturated rings. The lowest BCUT2D eigenvalue weighted by Crippen LogP contribution is -2.28. The molecule has 0 aliphatic carbocycles. The Morgan fingerprint density at radius 1 is 1.36 bits per heavy atom. The summed E-state index contributed by atoms with van der Waals surface area (Å²) >= 11 is 3.40. The van der Waals surface area contributed by atoms with Crippen molar-refractivity contribution in [2.75, 3.05) is 0 Å². The van der Waals surface area contributed by atoms with Gasteiger partial charge in [-0.1, -0.05) is 15.9 Å². The van der Waals surface area contributed by atoms with Gasteiger partial charge in [0, 0.05) is 21.0 Å². The molecule has 0 spiro atoms. The van der Waals surface area contributed by atoms with E-state index in [2.05, 4.69) is 15.9 Å². The highest BCUT2D eigenvalue weighted by Crippen LogP contribution is 2.30. The van der Waals surface area contributed by atoms with Gasteiger partial charge in [0.25, 0.3) is 0 Å². The SMILES string of the molecule is CC(C)(N)c1coc2cc(Br)ccc12. The Bertz CT molecular complexity index is 468. The minimum Gasteiger partial charge on any atom is -0.464 e. The molecule has 2 rings (SSSR count). The first-order chi connectivity index (χ1) is 6.48. The standard InChI is InChI=1S/C11H12BrNO/c1-11(2,13)9-6-14-10-5-7(12)3-4-8(9)10/h3-6H,13H2,1-2H3. The minimum atomic E-state index is -0.362. The maximum Gasteiger partial charge on any atom is 0.135 e. The molecule has 14 heavy (non-hydrogen) atoms. The third kappa shape index (κ3) is 1.57. The van der Waals surface area contributed by atoms with Crippen molar-refractivity contribution < 1.29 is 4.42 Å². The van der Waals surface area contributed by atoms with Gasteiger partial charge in [-0.05, 0) is 32.0 Å². The Morgan fingerprint density at radius 3 is 2.71 bits per heavy atom. The highest BCUT2D eigenvalue weighted by atomic mass is 79.9. The average Bonchev–Trinajstić information content (AvgIpc) is 2.45. The summed E-state index contributed by atoms with van der Waals surface area (Å²) in [5.74, 6) is 0. The van der Waals surface area contributed by atoms with Crippen LogP contribution in [0.2, 0.25) is 0 Å². The van der Waals surface area contributed by atoms with Crippen LogP contribution in [0.15, 0.2) is 33.4 Å². The molecule has 2 N–H and O–H groups in total. The van der Waals surface area contributed by atoms with Crippen LogP contribution in [0.1, 0.15) is 19.4 Å². The van der Waals surface area contributed by atoms with Gasteiger partial charge in [-0.15, -0.1) is 0 Å². The highest BCUT2D eigenvalue weighted by Gasteiger charge is 2.19. The number of halogens is 1. The second-order valence-electron chi connectivity index (χ2n) is 4.01. The first kappa shape index (κ1) is 9.74. The summed E-state index contributed by atoms with van der Waals surface area (Å²) in [6, 6.07) is 5.96. The lowest BCUT2D eigenvalue weighted by atomic mass is 9.95. The van der Waals surface area contributed by atoms with Crippen molar-refractivity contribution in [2.45, 2.75) is 19.4 Å². The zero-order chi connectivity index (χ0) is 10.3. The predicted molar refractivity (Wildman–Crippen MR) is 61.1 cm³/mol. The number of hydrogen-bond donors (Lipinski definition) is 1. The number of rotatable bonds is 1. The Hall–Kier alpha value is -0.800. The Labute approximate surface area is 91.2 Å². The second-order valence-corrected chi connectivity index (χ2v) is 4.93. The van der Waals surface area contributed by atoms with Gasteiger partial charge in [0.2, 0.25) is 0 Å². The van der Waals surface area contributed by atoms with Gasteiger partial charge in [0.05, 0.1) is 6.26 Å². The zero-order valence-corrected chi connectivity index (χ0v) is 9.76. The number of furan rings is 1. The Morgan fingerprint density at radius 2 is 2.07 bits per heavy atom. The van der Waals surface area contributed by atoms with Gasteiger partial charge >= 0.3 is 0 Å². The van der Waals surface area contributed by atoms with E-state index in [9.17, 15) is 0 Å². The average molecular weight is 254 g/mol. The molecular formula is C11H12BrNO. The molecule has 0 atom stereocenters. The quantitative estimate of drug-likeness (QED) is 0.847. The predicted octanol–water partition coefficient (Wildman–Crippen LogP) is 3.39. The van der Waals surface area contributed by atoms with Crippen molar-refractivity contribution in [1.29, 1.82) is 0 Å². The molecule has 0 amide bonds. The molecule has 2 aromatic rings. The molecular weight excluding hydrogens is 242 g/mol. The lowest BCUT2D eigenvalue weighted by Gasteiger charge is -2.16. The third-order valence-electron chi connectivity index (χ3n) is 2.23. The normalized spacial score (nSPS) is 12.3. The Balaban J connectivity index is 2.70. The van der Waals surface area contributed by atoms with Crippen LogP contribution in [-0.2, 0) is 5.54 Å². The summed E-state index contributed by atoms with van der Waals surface area (Å²) in [6.07, 6.45) is 1.73. The van der Waals surface area contributed by atoms with Crippen LogP contribution in [0.25, 0.3) is 11.0 Å². The van der Waals surface area contributed by atoms with Crippen LogP contribution >= 0.6 is 15.9 Å². The van der Waals surface area contributed by atoms with Crippen molar-refractivity contribution in [3.05, 3.63) is 34.5 Å². The maximum atomic E-state index is 6.03. The summed E-state index contributed by atoms with van der Waals surface area (Å²) in [5, 5.41) is 1.08. The molecule has 0 aliphatic rings. The van der Waals surface area contributed by atoms with Crippen LogP contribution < -0.4 is 5.73 Å². The molecule has 1 heterocycles. The minimum absolute atomic E-state index is 0.362. The molecule has 0 saturated heterocycles. The zero-order valence-electron chi connectivity index (χ0n) is 8.17. The van der Waals surface area contributed by atoms with Gasteiger partial charge < -0.3 is 10.2 Å². The molecule has 2 nitrogen and oxygen atoms in total. The van der Waals surface area contributed by atoms with E-state index in [1.807, 2.05) is 32.0 Å². The summed E-state index contributed by atoms with van der Waals surface area (Å²) in [5.41, 5.74) is 7.58. The van der Waals surface area contributed by atoms with E-state index in [0.717, 1.165) is 21.0 Å². The molecule has 0 bridgehead atoms. The lowest BCUT2D eigenvalue weighted by molar-refractivity contribution is 0.534. The molecule has 0 unspecified atom stereocenters. The van der Waals surface area contributed by atoms with Crippen molar-refractivity contribution in [2.24, 2.45) is 5.73 Å². The molecule has 0 saturated carbocycles. The van der Waals surface area contributed by atoms with Crippen molar-refractivity contribution in [3.8, 4) is 0 Å². The second kappa shape index (κ2) is 3.11. The van der Waals surface area contributed by atoms with Crippen LogP contribution in [0.5, 0.6) is 0 Å². The van der Waals surface area contributed by atoms with Gasteiger partial charge in [-0.3, -0.25) is 0 Å². The molecule has 74 valence electrons. The largest absolute Gasteiger partial charge is 0.464 e. The van der Waals surface area contributed by atoms with E-state index in [-0.39, 0.29) is 5.54 Å². The monoisotopic (exact) mass is 253 g/mol. The van der Waals surface area contributed by atoms with E-state index < -0.39 is 0 Å². The smallest absolute Gasteiger partial charge is 0.135 e. The molecule has 0 radical (unpaired) electrons. The van der Waals surface area contributed by atoms with Gasteiger partial charge in [0.15, 0.2) is 0 Å². The fourth-order valence-electron chi connectivity index (χ4n) is 1.50. The molecule has 0 aliphatic heterocycles. The molecule has 1 aromatic carbocycles. The van der Waals surface area contributed by atoms with Crippen molar-refractivity contribution >= 4 is 26.9 Å². The first-order valence-electron chi connectivity index (χ1n) is 4.44. The van der Waals surface area contributed by atoms with Crippen molar-refractivity contribution in [3.63, 3.8) is 0 Å². The van der Waals surface area contributed by atoms with Crippen LogP contribution in [0.4, 0.5) is 0 Å². The van der Waals surface area contributed by atoms with Crippen LogP contribution in [-0.4, -0.2) is 0 Å². The van der Waals surface area contributed by atoms with Crippen molar-refractivity contribution in [1.82, 2.24) is 0 Å². The summed E-state index contributed by atoms with van der Waals surface area (Å²) in [4.78, 5) is 0. The summed E-state index contributed by atoms with van der Waals surface area (Å²) < 4.78 is 6.46. The van der Waals surface area contributed by atoms with E-state index in [1.165, 1.54) is 0 Å². The topological polar surface area (TPSA) is 39.2 Å². The van der Waals surface area contributed by atoms with E-state index in [1.54, 1.807) is 6.26 Å². The van der Waals surface area contributed by atoms with E-state index in [4.69, 9.17) is 10.2 Å². The third-order valence-corrected chi connectivity index (χ3v) is 2.73. The van der Waals surface area contributed by atoms with Gasteiger partial charge in [-0.2, -0.15) is 0 Å². The van der Waals surface area contributed by atoms with Crippen LogP contribution in [0, 0.1) is 0 Å². The van der Waals surface area contributed by atoms with E-state index >= 15 is 0 Å². The Kier molecular flexibility index (Phi) is 2.16.